The standard InChI is InChI=1S/C11H15F3N2O3S/c1-3-16(7-11(12,13)14)20(17,18)8-4-5-10(19-2)9(15)6-8/h4-6H,3,7,15H2,1-2H3. The van der Waals surface area contributed by atoms with Gasteiger partial charge in [0.05, 0.1) is 17.7 Å². The van der Waals surface area contributed by atoms with Crippen molar-refractivity contribution in [2.75, 3.05) is 25.9 Å². The van der Waals surface area contributed by atoms with Crippen molar-refractivity contribution in [2.24, 2.45) is 0 Å². The van der Waals surface area contributed by atoms with Crippen molar-refractivity contribution >= 4 is 15.7 Å². The summed E-state index contributed by atoms with van der Waals surface area (Å²) < 4.78 is 66.6. The molecule has 1 rings (SSSR count). The highest BCUT2D eigenvalue weighted by Crippen LogP contribution is 2.27. The Kier molecular flexibility index (Phi) is 4.87. The lowest BCUT2D eigenvalue weighted by Gasteiger charge is -2.22. The summed E-state index contributed by atoms with van der Waals surface area (Å²) in [5.41, 5.74) is 5.61. The lowest BCUT2D eigenvalue weighted by molar-refractivity contribution is -0.135. The summed E-state index contributed by atoms with van der Waals surface area (Å²) in [7, 11) is -2.90. The van der Waals surface area contributed by atoms with Gasteiger partial charge in [0.15, 0.2) is 0 Å². The van der Waals surface area contributed by atoms with Crippen molar-refractivity contribution in [3.8, 4) is 5.75 Å². The van der Waals surface area contributed by atoms with E-state index in [9.17, 15) is 21.6 Å². The molecule has 0 unspecified atom stereocenters. The second kappa shape index (κ2) is 5.88. The molecule has 0 heterocycles. The van der Waals surface area contributed by atoms with E-state index in [2.05, 4.69) is 0 Å². The highest BCUT2D eigenvalue weighted by molar-refractivity contribution is 7.89. The second-order valence-electron chi connectivity index (χ2n) is 3.95. The maximum absolute atomic E-state index is 12.4. The van der Waals surface area contributed by atoms with Crippen LogP contribution in [0, 0.1) is 0 Å². The van der Waals surface area contributed by atoms with Gasteiger partial charge in [-0.3, -0.25) is 0 Å². The normalized spacial score (nSPS) is 12.7. The summed E-state index contributed by atoms with van der Waals surface area (Å²) in [6.45, 7) is -0.512. The van der Waals surface area contributed by atoms with Gasteiger partial charge in [-0.05, 0) is 18.2 Å². The Hall–Kier alpha value is -1.48. The zero-order valence-corrected chi connectivity index (χ0v) is 11.8. The number of anilines is 1. The minimum Gasteiger partial charge on any atom is -0.495 e. The number of sulfonamides is 1. The molecule has 0 aliphatic heterocycles. The first-order chi connectivity index (χ1) is 9.11. The van der Waals surface area contributed by atoms with E-state index in [1.807, 2.05) is 0 Å². The second-order valence-corrected chi connectivity index (χ2v) is 5.89. The maximum atomic E-state index is 12.4. The summed E-state index contributed by atoms with van der Waals surface area (Å²) in [4.78, 5) is -0.304. The molecule has 2 N–H and O–H groups in total. The van der Waals surface area contributed by atoms with Gasteiger partial charge < -0.3 is 10.5 Å². The fraction of sp³-hybridized carbons (Fsp3) is 0.455. The fourth-order valence-corrected chi connectivity index (χ4v) is 3.06. The lowest BCUT2D eigenvalue weighted by atomic mass is 10.3. The first kappa shape index (κ1) is 16.6. The first-order valence-electron chi connectivity index (χ1n) is 5.62. The van der Waals surface area contributed by atoms with Crippen LogP contribution in [0.15, 0.2) is 23.1 Å². The molecule has 1 aromatic carbocycles. The van der Waals surface area contributed by atoms with E-state index in [0.29, 0.717) is 4.31 Å². The molecule has 9 heteroatoms. The molecule has 0 aromatic heterocycles. The summed E-state index contributed by atoms with van der Waals surface area (Å²) in [6.07, 6.45) is -4.61. The number of hydrogen-bond acceptors (Lipinski definition) is 4. The van der Waals surface area contributed by atoms with Gasteiger partial charge in [-0.2, -0.15) is 17.5 Å². The number of halogens is 3. The zero-order chi connectivity index (χ0) is 15.6. The molecule has 0 radical (unpaired) electrons. The first-order valence-corrected chi connectivity index (χ1v) is 7.06. The molecule has 20 heavy (non-hydrogen) atoms. The van der Waals surface area contributed by atoms with E-state index in [0.717, 1.165) is 12.1 Å². The van der Waals surface area contributed by atoms with E-state index < -0.39 is 22.7 Å². The van der Waals surface area contributed by atoms with E-state index in [4.69, 9.17) is 10.5 Å². The number of ether oxygens (including phenoxy) is 1. The number of benzene rings is 1. The third-order valence-corrected chi connectivity index (χ3v) is 4.46. The topological polar surface area (TPSA) is 72.6 Å². The molecule has 114 valence electrons. The van der Waals surface area contributed by atoms with Crippen molar-refractivity contribution in [1.82, 2.24) is 4.31 Å². The van der Waals surface area contributed by atoms with Crippen LogP contribution in [0.25, 0.3) is 0 Å². The number of hydrogen-bond donors (Lipinski definition) is 1. The van der Waals surface area contributed by atoms with Gasteiger partial charge in [-0.25, -0.2) is 8.42 Å². The monoisotopic (exact) mass is 312 g/mol. The third kappa shape index (κ3) is 3.76. The smallest absolute Gasteiger partial charge is 0.402 e. The highest BCUT2D eigenvalue weighted by atomic mass is 32.2. The van der Waals surface area contributed by atoms with Crippen LogP contribution >= 0.6 is 0 Å². The largest absolute Gasteiger partial charge is 0.495 e. The molecule has 0 saturated heterocycles. The van der Waals surface area contributed by atoms with Gasteiger partial charge in [-0.15, -0.1) is 0 Å². The Morgan fingerprint density at radius 2 is 1.95 bits per heavy atom. The van der Waals surface area contributed by atoms with Crippen molar-refractivity contribution < 1.29 is 26.3 Å². The summed E-state index contributed by atoms with van der Waals surface area (Å²) in [6, 6.07) is 3.53. The van der Waals surface area contributed by atoms with Crippen molar-refractivity contribution in [1.29, 1.82) is 0 Å². The molecule has 0 fully saturated rings. The lowest BCUT2D eigenvalue weighted by Crippen LogP contribution is -2.38. The minimum atomic E-state index is -4.61. The van der Waals surface area contributed by atoms with Gasteiger partial charge in [0.25, 0.3) is 0 Å². The van der Waals surface area contributed by atoms with Crippen LogP contribution in [0.2, 0.25) is 0 Å². The summed E-state index contributed by atoms with van der Waals surface area (Å²) in [5.74, 6) is 0.253. The molecular weight excluding hydrogens is 297 g/mol. The van der Waals surface area contributed by atoms with Crippen molar-refractivity contribution in [2.45, 2.75) is 18.0 Å². The van der Waals surface area contributed by atoms with Gasteiger partial charge >= 0.3 is 6.18 Å². The molecule has 0 aliphatic rings. The van der Waals surface area contributed by atoms with Crippen LogP contribution in [0.5, 0.6) is 5.75 Å². The average molecular weight is 312 g/mol. The predicted octanol–water partition coefficient (Wildman–Crippen LogP) is 1.85. The maximum Gasteiger partial charge on any atom is 0.402 e. The van der Waals surface area contributed by atoms with E-state index in [1.165, 1.54) is 20.1 Å². The number of nitrogen functional groups attached to an aromatic ring is 1. The number of nitrogens with two attached hydrogens (primary N) is 1. The van der Waals surface area contributed by atoms with Crippen LogP contribution in [0.3, 0.4) is 0 Å². The number of nitrogens with zero attached hydrogens (tertiary/aromatic N) is 1. The SMILES string of the molecule is CCN(CC(F)(F)F)S(=O)(=O)c1ccc(OC)c(N)c1. The van der Waals surface area contributed by atoms with Crippen LogP contribution in [0.1, 0.15) is 6.92 Å². The van der Waals surface area contributed by atoms with Crippen LogP contribution in [-0.4, -0.2) is 39.1 Å². The Morgan fingerprint density at radius 1 is 1.35 bits per heavy atom. The minimum absolute atomic E-state index is 0.0386. The van der Waals surface area contributed by atoms with Crippen molar-refractivity contribution in [3.05, 3.63) is 18.2 Å². The molecule has 0 spiro atoms. The van der Waals surface area contributed by atoms with Gasteiger partial charge in [-0.1, -0.05) is 6.92 Å². The Balaban J connectivity index is 3.17. The van der Waals surface area contributed by atoms with Crippen LogP contribution in [-0.2, 0) is 10.0 Å². The Morgan fingerprint density at radius 3 is 2.35 bits per heavy atom. The number of alkyl halides is 3. The van der Waals surface area contributed by atoms with Gasteiger partial charge in [0.2, 0.25) is 10.0 Å². The van der Waals surface area contributed by atoms with Crippen LogP contribution in [0.4, 0.5) is 18.9 Å². The van der Waals surface area contributed by atoms with Gasteiger partial charge in [0, 0.05) is 6.54 Å². The van der Waals surface area contributed by atoms with E-state index in [1.54, 1.807) is 0 Å². The fourth-order valence-electron chi connectivity index (χ4n) is 1.59. The molecule has 1 aromatic rings. The number of methoxy groups -OCH3 is 1. The molecule has 0 bridgehead atoms. The molecular formula is C11H15F3N2O3S. The van der Waals surface area contributed by atoms with Crippen LogP contribution < -0.4 is 10.5 Å². The van der Waals surface area contributed by atoms with Crippen molar-refractivity contribution in [3.63, 3.8) is 0 Å². The molecule has 5 nitrogen and oxygen atoms in total. The molecule has 0 atom stereocenters. The quantitative estimate of drug-likeness (QED) is 0.842. The van der Waals surface area contributed by atoms with E-state index in [-0.39, 0.29) is 22.9 Å². The highest BCUT2D eigenvalue weighted by Gasteiger charge is 2.36. The van der Waals surface area contributed by atoms with E-state index >= 15 is 0 Å². The van der Waals surface area contributed by atoms with Gasteiger partial charge in [0.1, 0.15) is 12.3 Å². The molecule has 0 aliphatic carbocycles. The average Bonchev–Trinajstić information content (AvgIpc) is 2.34. The Bertz CT molecular complexity index is 573. The summed E-state index contributed by atoms with van der Waals surface area (Å²) in [5, 5.41) is 0. The zero-order valence-electron chi connectivity index (χ0n) is 10.9. The number of rotatable bonds is 5. The Labute approximate surface area is 115 Å². The predicted molar refractivity (Wildman–Crippen MR) is 67.9 cm³/mol. The third-order valence-electron chi connectivity index (χ3n) is 2.55. The summed E-state index contributed by atoms with van der Waals surface area (Å²) >= 11 is 0. The molecule has 0 saturated carbocycles. The molecule has 0 amide bonds.